The van der Waals surface area contributed by atoms with Crippen molar-refractivity contribution in [3.63, 3.8) is 0 Å². The standard InChI is InChI=1S/C15H29N3O/c1-17-9-5-7-13(11-17)18(2)15(19)14-8-4-3-6-12(14)10-16/h12-14H,3-11,16H2,1-2H3. The van der Waals surface area contributed by atoms with Gasteiger partial charge in [0, 0.05) is 25.6 Å². The fourth-order valence-corrected chi connectivity index (χ4v) is 3.71. The minimum absolute atomic E-state index is 0.177. The van der Waals surface area contributed by atoms with E-state index in [1.807, 2.05) is 11.9 Å². The average molecular weight is 267 g/mol. The van der Waals surface area contributed by atoms with E-state index in [1.54, 1.807) is 0 Å². The summed E-state index contributed by atoms with van der Waals surface area (Å²) in [5.74, 6) is 0.927. The summed E-state index contributed by atoms with van der Waals surface area (Å²) in [6.07, 6.45) is 6.93. The van der Waals surface area contributed by atoms with Gasteiger partial charge in [0.25, 0.3) is 0 Å². The first-order chi connectivity index (χ1) is 9.13. The van der Waals surface area contributed by atoms with Crippen molar-refractivity contribution in [2.45, 2.75) is 44.6 Å². The fourth-order valence-electron chi connectivity index (χ4n) is 3.71. The van der Waals surface area contributed by atoms with Crippen LogP contribution in [0, 0.1) is 11.8 Å². The van der Waals surface area contributed by atoms with E-state index in [1.165, 1.54) is 19.3 Å². The first-order valence-corrected chi connectivity index (χ1v) is 7.78. The number of nitrogens with zero attached hydrogens (tertiary/aromatic N) is 2. The number of rotatable bonds is 3. The summed E-state index contributed by atoms with van der Waals surface area (Å²) >= 11 is 0. The Morgan fingerprint density at radius 3 is 2.68 bits per heavy atom. The van der Waals surface area contributed by atoms with Crippen LogP contribution in [-0.2, 0) is 4.79 Å². The molecule has 0 aromatic heterocycles. The van der Waals surface area contributed by atoms with Crippen LogP contribution in [0.15, 0.2) is 0 Å². The Morgan fingerprint density at radius 1 is 1.26 bits per heavy atom. The van der Waals surface area contributed by atoms with Crippen LogP contribution in [0.3, 0.4) is 0 Å². The molecule has 2 fully saturated rings. The van der Waals surface area contributed by atoms with Crippen LogP contribution in [0.1, 0.15) is 38.5 Å². The first kappa shape index (κ1) is 14.8. The van der Waals surface area contributed by atoms with Gasteiger partial charge in [-0.3, -0.25) is 4.79 Å². The number of likely N-dealkylation sites (N-methyl/N-ethyl adjacent to an activating group) is 2. The minimum Gasteiger partial charge on any atom is -0.341 e. The first-order valence-electron chi connectivity index (χ1n) is 7.78. The lowest BCUT2D eigenvalue weighted by Crippen LogP contribution is -2.50. The van der Waals surface area contributed by atoms with Crippen LogP contribution in [0.5, 0.6) is 0 Å². The molecular formula is C15H29N3O. The second-order valence-corrected chi connectivity index (χ2v) is 6.39. The molecule has 1 saturated heterocycles. The molecule has 1 aliphatic carbocycles. The molecule has 4 heteroatoms. The number of hydrogen-bond donors (Lipinski definition) is 1. The van der Waals surface area contributed by atoms with Crippen molar-refractivity contribution in [3.05, 3.63) is 0 Å². The zero-order valence-corrected chi connectivity index (χ0v) is 12.5. The van der Waals surface area contributed by atoms with Crippen LogP contribution < -0.4 is 5.73 Å². The highest BCUT2D eigenvalue weighted by Crippen LogP contribution is 2.31. The smallest absolute Gasteiger partial charge is 0.226 e. The fraction of sp³-hybridized carbons (Fsp3) is 0.933. The lowest BCUT2D eigenvalue weighted by molar-refractivity contribution is -0.140. The van der Waals surface area contributed by atoms with Gasteiger partial charge in [-0.05, 0) is 51.7 Å². The summed E-state index contributed by atoms with van der Waals surface area (Å²) in [6.45, 7) is 2.84. The molecule has 3 unspecified atom stereocenters. The van der Waals surface area contributed by atoms with Gasteiger partial charge < -0.3 is 15.5 Å². The van der Waals surface area contributed by atoms with Crippen LogP contribution in [-0.4, -0.2) is 55.5 Å². The highest BCUT2D eigenvalue weighted by molar-refractivity contribution is 5.79. The monoisotopic (exact) mass is 267 g/mol. The molecule has 110 valence electrons. The number of hydrogen-bond acceptors (Lipinski definition) is 3. The summed E-state index contributed by atoms with van der Waals surface area (Å²) in [7, 11) is 4.14. The molecule has 0 aromatic carbocycles. The minimum atomic E-state index is 0.177. The van der Waals surface area contributed by atoms with E-state index < -0.39 is 0 Å². The number of carbonyl (C=O) groups is 1. The third-order valence-corrected chi connectivity index (χ3v) is 5.02. The molecule has 1 heterocycles. The Kier molecular flexibility index (Phi) is 5.22. The summed E-state index contributed by atoms with van der Waals surface area (Å²) in [4.78, 5) is 17.1. The van der Waals surface area contributed by atoms with Crippen LogP contribution in [0.2, 0.25) is 0 Å². The van der Waals surface area contributed by atoms with Crippen molar-refractivity contribution in [1.82, 2.24) is 9.80 Å². The summed E-state index contributed by atoms with van der Waals surface area (Å²) in [5, 5.41) is 0. The van der Waals surface area contributed by atoms with Crippen molar-refractivity contribution >= 4 is 5.91 Å². The zero-order chi connectivity index (χ0) is 13.8. The predicted octanol–water partition coefficient (Wildman–Crippen LogP) is 1.30. The van der Waals surface area contributed by atoms with Gasteiger partial charge in [0.15, 0.2) is 0 Å². The molecule has 2 rings (SSSR count). The van der Waals surface area contributed by atoms with Crippen LogP contribution in [0.4, 0.5) is 0 Å². The van der Waals surface area contributed by atoms with E-state index in [-0.39, 0.29) is 5.92 Å². The van der Waals surface area contributed by atoms with Gasteiger partial charge in [-0.2, -0.15) is 0 Å². The highest BCUT2D eigenvalue weighted by Gasteiger charge is 2.34. The van der Waals surface area contributed by atoms with Gasteiger partial charge in [-0.25, -0.2) is 0 Å². The van der Waals surface area contributed by atoms with Crippen LogP contribution >= 0.6 is 0 Å². The molecule has 0 bridgehead atoms. The largest absolute Gasteiger partial charge is 0.341 e. The molecule has 0 radical (unpaired) electrons. The van der Waals surface area contributed by atoms with Crippen LogP contribution in [0.25, 0.3) is 0 Å². The van der Waals surface area contributed by atoms with Crippen molar-refractivity contribution < 1.29 is 4.79 Å². The lowest BCUT2D eigenvalue weighted by atomic mass is 9.78. The third-order valence-electron chi connectivity index (χ3n) is 5.02. The van der Waals surface area contributed by atoms with Gasteiger partial charge in [-0.1, -0.05) is 12.8 Å². The Morgan fingerprint density at radius 2 is 2.00 bits per heavy atom. The summed E-state index contributed by atoms with van der Waals surface area (Å²) in [6, 6.07) is 0.395. The van der Waals surface area contributed by atoms with Gasteiger partial charge in [-0.15, -0.1) is 0 Å². The number of amides is 1. The molecule has 19 heavy (non-hydrogen) atoms. The Bertz CT molecular complexity index is 308. The topological polar surface area (TPSA) is 49.6 Å². The zero-order valence-electron chi connectivity index (χ0n) is 12.5. The van der Waals surface area contributed by atoms with Gasteiger partial charge in [0.1, 0.15) is 0 Å². The molecule has 1 saturated carbocycles. The molecule has 2 N–H and O–H groups in total. The summed E-state index contributed by atoms with van der Waals surface area (Å²) < 4.78 is 0. The van der Waals surface area contributed by atoms with Crippen molar-refractivity contribution in [2.75, 3.05) is 33.7 Å². The van der Waals surface area contributed by atoms with Crippen molar-refractivity contribution in [2.24, 2.45) is 17.6 Å². The molecule has 0 aromatic rings. The Labute approximate surface area is 117 Å². The third kappa shape index (κ3) is 3.48. The molecule has 4 nitrogen and oxygen atoms in total. The maximum Gasteiger partial charge on any atom is 0.226 e. The van der Waals surface area contributed by atoms with Gasteiger partial charge in [0.05, 0.1) is 0 Å². The van der Waals surface area contributed by atoms with Gasteiger partial charge in [0.2, 0.25) is 5.91 Å². The van der Waals surface area contributed by atoms with E-state index in [0.717, 1.165) is 32.4 Å². The normalized spacial score (nSPS) is 33.1. The van der Waals surface area contributed by atoms with E-state index in [2.05, 4.69) is 11.9 Å². The van der Waals surface area contributed by atoms with Crippen molar-refractivity contribution in [1.29, 1.82) is 0 Å². The van der Waals surface area contributed by atoms with E-state index in [9.17, 15) is 4.79 Å². The quantitative estimate of drug-likeness (QED) is 0.838. The SMILES string of the molecule is CN1CCCC(N(C)C(=O)C2CCCCC2CN)C1. The summed E-state index contributed by atoms with van der Waals surface area (Å²) in [5.41, 5.74) is 5.85. The number of likely N-dealkylation sites (tertiary alicyclic amines) is 1. The second-order valence-electron chi connectivity index (χ2n) is 6.39. The molecule has 2 aliphatic rings. The molecular weight excluding hydrogens is 238 g/mol. The maximum atomic E-state index is 12.7. The Balaban J connectivity index is 1.97. The maximum absolute atomic E-state index is 12.7. The average Bonchev–Trinajstić information content (AvgIpc) is 2.45. The molecule has 3 atom stereocenters. The molecule has 1 aliphatic heterocycles. The van der Waals surface area contributed by atoms with E-state index >= 15 is 0 Å². The number of carbonyl (C=O) groups excluding carboxylic acids is 1. The molecule has 0 spiro atoms. The lowest BCUT2D eigenvalue weighted by Gasteiger charge is -2.39. The molecule has 1 amide bonds. The second kappa shape index (κ2) is 6.71. The van der Waals surface area contributed by atoms with Crippen molar-refractivity contribution in [3.8, 4) is 0 Å². The van der Waals surface area contributed by atoms with E-state index in [0.29, 0.717) is 24.4 Å². The van der Waals surface area contributed by atoms with E-state index in [4.69, 9.17) is 5.73 Å². The highest BCUT2D eigenvalue weighted by atomic mass is 16.2. The van der Waals surface area contributed by atoms with Gasteiger partial charge >= 0.3 is 0 Å². The number of nitrogens with two attached hydrogens (primary N) is 1. The predicted molar refractivity (Wildman–Crippen MR) is 77.8 cm³/mol. The Hall–Kier alpha value is -0.610. The number of piperidine rings is 1.